The van der Waals surface area contributed by atoms with Gasteiger partial charge in [0.15, 0.2) is 0 Å². The van der Waals surface area contributed by atoms with E-state index in [0.717, 1.165) is 107 Å². The second-order valence-electron chi connectivity index (χ2n) is 26.6. The van der Waals surface area contributed by atoms with E-state index >= 15 is 0 Å². The number of para-hydroxylation sites is 2. The molecule has 0 aliphatic carbocycles. The molecule has 0 bridgehead atoms. The number of carbonyl (C=O) groups excluding carboxylic acids is 5. The number of rotatable bonds is 22. The van der Waals surface area contributed by atoms with Crippen LogP contribution in [-0.4, -0.2) is 105 Å². The van der Waals surface area contributed by atoms with Gasteiger partial charge in [-0.05, 0) is 222 Å². The molecule has 1 aliphatic rings. The van der Waals surface area contributed by atoms with Crippen molar-refractivity contribution in [2.75, 3.05) is 65.9 Å². The van der Waals surface area contributed by atoms with E-state index in [1.54, 1.807) is 96.5 Å². The summed E-state index contributed by atoms with van der Waals surface area (Å²) in [6.45, 7) is 3.28. The van der Waals surface area contributed by atoms with Crippen molar-refractivity contribution in [2.24, 2.45) is 0 Å². The fourth-order valence-corrected chi connectivity index (χ4v) is 12.9. The Morgan fingerprint density at radius 2 is 0.778 bits per heavy atom. The number of anilines is 5. The van der Waals surface area contributed by atoms with Gasteiger partial charge in [-0.25, -0.2) is 29.0 Å². The van der Waals surface area contributed by atoms with Crippen molar-refractivity contribution in [3.05, 3.63) is 330 Å². The lowest BCUT2D eigenvalue weighted by atomic mass is 10.1. The quantitative estimate of drug-likeness (QED) is 0.0300. The van der Waals surface area contributed by atoms with Gasteiger partial charge in [0.05, 0.1) is 40.1 Å². The van der Waals surface area contributed by atoms with Crippen LogP contribution in [0.5, 0.6) is 34.5 Å². The first-order valence-corrected chi connectivity index (χ1v) is 38.8. The number of phenolic OH excluding ortho intramolecular Hbond substituents is 5. The molecule has 596 valence electrons. The zero-order chi connectivity index (χ0) is 81.8. The molecule has 15 N–H and O–H groups in total. The number of aryl methyl sites for hydroxylation is 1. The van der Waals surface area contributed by atoms with E-state index < -0.39 is 0 Å². The van der Waals surface area contributed by atoms with Crippen molar-refractivity contribution in [3.8, 4) is 57.1 Å². The van der Waals surface area contributed by atoms with Gasteiger partial charge in [0.1, 0.15) is 40.8 Å². The number of pyridine rings is 1. The van der Waals surface area contributed by atoms with Crippen LogP contribution in [0.1, 0.15) is 39.8 Å². The molecule has 0 fully saturated rings. The van der Waals surface area contributed by atoms with E-state index in [0.29, 0.717) is 88.0 Å². The highest BCUT2D eigenvalue weighted by Gasteiger charge is 2.17. The minimum atomic E-state index is -0.279. The summed E-state index contributed by atoms with van der Waals surface area (Å²) < 4.78 is 12.0. The summed E-state index contributed by atoms with van der Waals surface area (Å²) in [7, 11) is 0. The molecule has 0 spiro atoms. The van der Waals surface area contributed by atoms with Gasteiger partial charge in [0.2, 0.25) is 5.89 Å². The van der Waals surface area contributed by atoms with Crippen LogP contribution in [-0.2, 0) is 38.5 Å². The molecule has 0 saturated carbocycles. The number of oxazole rings is 1. The number of nitrogens with one attached hydrogen (secondary N) is 10. The molecule has 14 aromatic rings. The first kappa shape index (κ1) is 83.1. The smallest absolute Gasteiger partial charge is 0.319 e. The predicted octanol–water partition coefficient (Wildman–Crippen LogP) is 18.2. The standard InChI is InChI=1S/C21H20N2O2.C18H17N3O3.C18H17N3O2.C18H20N2O3.C17H16N2O2S/c24-20-12-6-16(7-13-20)14-15-22-21(25)23-19-10-8-18(9-11-19)17-4-2-1-3-5-17;22-16-6-4-13(5-7-16)8-9-20-18(23)21-15-3-1-2-14(12-15)17-19-10-11-24-17;22-15-8-6-13(7-9-15)10-12-20-18(23)21-16-5-1-3-14-4-2-11-19-17(14)16;21-15-8-6-13(7-9-15)10-11-19-18(22)20-16-5-1-3-14-4-2-12-23-17(14)16;20-14-6-4-12(5-7-14)8-10-18-17(21)19-15-3-1-2-13-9-11-22-16(13)15/h1-13,24H,14-15H2,(H2,22,23,25);1-7,10-12,22H,8-9H2,(H2,20,21,23);1-9,11,22H,10,12H2,(H2,20,21,23);1,3,5-9,21H,2,4,10-12H2,(H2,19,20,22);1-7,9,11,20H,8,10H2,(H2,18,19,21). The first-order chi connectivity index (χ1) is 57.1. The number of thiophene rings is 1. The summed E-state index contributed by atoms with van der Waals surface area (Å²) >= 11 is 1.61. The zero-order valence-electron chi connectivity index (χ0n) is 63.9. The molecule has 0 unspecified atom stereocenters. The molecule has 1 aliphatic heterocycles. The number of hydrogen-bond acceptors (Lipinski definition) is 15. The molecule has 11 aromatic carbocycles. The Kier molecular flexibility index (Phi) is 31.1. The van der Waals surface area contributed by atoms with Crippen LogP contribution in [0.3, 0.4) is 0 Å². The average molecular weight is 1590 g/mol. The van der Waals surface area contributed by atoms with Crippen molar-refractivity contribution in [1.29, 1.82) is 0 Å². The van der Waals surface area contributed by atoms with Gasteiger partial charge >= 0.3 is 30.2 Å². The van der Waals surface area contributed by atoms with E-state index in [1.165, 1.54) is 6.26 Å². The van der Waals surface area contributed by atoms with Crippen LogP contribution in [0.2, 0.25) is 0 Å². The molecule has 3 aromatic heterocycles. The van der Waals surface area contributed by atoms with Gasteiger partial charge < -0.3 is 87.9 Å². The van der Waals surface area contributed by atoms with Gasteiger partial charge in [-0.2, -0.15) is 0 Å². The summed E-state index contributed by atoms with van der Waals surface area (Å²) in [5, 5.41) is 78.6. The maximum atomic E-state index is 12.0. The topological polar surface area (TPSA) is 355 Å². The third kappa shape index (κ3) is 27.5. The Morgan fingerprint density at radius 3 is 1.28 bits per heavy atom. The van der Waals surface area contributed by atoms with Crippen LogP contribution in [0.15, 0.2) is 301 Å². The molecule has 25 heteroatoms. The number of urea groups is 5. The van der Waals surface area contributed by atoms with Gasteiger partial charge in [-0.3, -0.25) is 4.98 Å². The molecular formula is C92H90N12O12S. The van der Waals surface area contributed by atoms with Crippen LogP contribution < -0.4 is 57.9 Å². The zero-order valence-corrected chi connectivity index (χ0v) is 64.7. The van der Waals surface area contributed by atoms with Crippen molar-refractivity contribution in [1.82, 2.24) is 36.6 Å². The van der Waals surface area contributed by atoms with E-state index in [2.05, 4.69) is 75.3 Å². The van der Waals surface area contributed by atoms with Crippen LogP contribution >= 0.6 is 11.3 Å². The minimum absolute atomic E-state index is 0.209. The third-order valence-corrected chi connectivity index (χ3v) is 19.0. The summed E-state index contributed by atoms with van der Waals surface area (Å²) in [5.41, 5.74) is 13.9. The third-order valence-electron chi connectivity index (χ3n) is 18.0. The fraction of sp³-hybridized carbons (Fsp3) is 0.141. The number of aromatic hydroxyl groups is 5. The van der Waals surface area contributed by atoms with Crippen molar-refractivity contribution in [3.63, 3.8) is 0 Å². The molecular weight excluding hydrogens is 1500 g/mol. The van der Waals surface area contributed by atoms with Gasteiger partial charge in [0.25, 0.3) is 0 Å². The maximum Gasteiger partial charge on any atom is 0.319 e. The number of fused-ring (bicyclic) bond motifs is 3. The number of aromatic nitrogens is 2. The number of ether oxygens (including phenoxy) is 1. The Hall–Kier alpha value is -14.9. The van der Waals surface area contributed by atoms with Crippen molar-refractivity contribution < 1.29 is 58.7 Å². The average Bonchev–Trinajstić information content (AvgIpc) is 1.78. The Balaban J connectivity index is 0.000000144. The minimum Gasteiger partial charge on any atom is -0.508 e. The lowest BCUT2D eigenvalue weighted by molar-refractivity contribution is 0.251. The number of carbonyl (C=O) groups is 5. The molecule has 0 atom stereocenters. The van der Waals surface area contributed by atoms with Crippen molar-refractivity contribution in [2.45, 2.75) is 44.9 Å². The van der Waals surface area contributed by atoms with Crippen LogP contribution in [0.25, 0.3) is 43.6 Å². The SMILES string of the molecule is O=C(NCCc1ccc(O)cc1)Nc1ccc(-c2ccccc2)cc1.O=C(NCCc1ccc(O)cc1)Nc1cccc(-c2ncco2)c1.O=C(NCCc1ccc(O)cc1)Nc1cccc2c1OCCC2.O=C(NCCc1ccc(O)cc1)Nc1cccc2cccnc12.O=C(NCCc1ccc(O)cc1)Nc1cccc2ccsc12. The summed E-state index contributed by atoms with van der Waals surface area (Å²) in [6, 6.07) is 81.9. The molecule has 0 radical (unpaired) electrons. The number of nitrogens with zero attached hydrogens (tertiary/aromatic N) is 2. The summed E-state index contributed by atoms with van der Waals surface area (Å²) in [4.78, 5) is 68.3. The summed E-state index contributed by atoms with van der Waals surface area (Å²) in [5.74, 6) is 2.50. The number of amides is 10. The molecule has 117 heavy (non-hydrogen) atoms. The lowest BCUT2D eigenvalue weighted by Gasteiger charge is -2.20. The molecule has 24 nitrogen and oxygen atoms in total. The monoisotopic (exact) mass is 1590 g/mol. The van der Waals surface area contributed by atoms with E-state index in [-0.39, 0.29) is 58.9 Å². The number of phenols is 5. The largest absolute Gasteiger partial charge is 0.508 e. The molecule has 0 saturated heterocycles. The van der Waals surface area contributed by atoms with E-state index in [4.69, 9.17) is 9.15 Å². The molecule has 4 heterocycles. The number of hydrogen-bond donors (Lipinski definition) is 15. The predicted molar refractivity (Wildman–Crippen MR) is 462 cm³/mol. The molecule has 15 rings (SSSR count). The lowest BCUT2D eigenvalue weighted by Crippen LogP contribution is -2.30. The van der Waals surface area contributed by atoms with Crippen LogP contribution in [0, 0.1) is 0 Å². The second kappa shape index (κ2) is 43.8. The van der Waals surface area contributed by atoms with Crippen molar-refractivity contribution >= 4 is 90.9 Å². The Morgan fingerprint density at radius 1 is 0.359 bits per heavy atom. The Bertz CT molecular complexity index is 5470. The van der Waals surface area contributed by atoms with E-state index in [9.17, 15) is 49.5 Å². The molecule has 10 amide bonds. The second-order valence-corrected chi connectivity index (χ2v) is 27.5. The van der Waals surface area contributed by atoms with Gasteiger partial charge in [-0.15, -0.1) is 11.3 Å². The normalized spacial score (nSPS) is 10.9. The fourth-order valence-electron chi connectivity index (χ4n) is 12.0. The highest BCUT2D eigenvalue weighted by molar-refractivity contribution is 7.17. The number of benzene rings is 11. The summed E-state index contributed by atoms with van der Waals surface area (Å²) in [6.07, 6.45) is 10.3. The highest BCUT2D eigenvalue weighted by Crippen LogP contribution is 2.34. The van der Waals surface area contributed by atoms with Crippen LogP contribution in [0.4, 0.5) is 52.4 Å². The van der Waals surface area contributed by atoms with Gasteiger partial charge in [0, 0.05) is 61.2 Å². The maximum absolute atomic E-state index is 12.0. The van der Waals surface area contributed by atoms with Gasteiger partial charge in [-0.1, -0.05) is 152 Å². The highest BCUT2D eigenvalue weighted by atomic mass is 32.1. The Labute approximate surface area is 680 Å². The first-order valence-electron chi connectivity index (χ1n) is 37.9. The van der Waals surface area contributed by atoms with E-state index in [1.807, 2.05) is 193 Å².